The number of hydrogen-bond donors (Lipinski definition) is 0. The Morgan fingerprint density at radius 2 is 0.518 bits per heavy atom. The van der Waals surface area contributed by atoms with E-state index in [0.717, 1.165) is 75.5 Å². The van der Waals surface area contributed by atoms with Crippen molar-refractivity contribution in [3.8, 4) is 0 Å². The SMILES string of the molecule is CC(C)CCCCCCCCCCCCCCCCCC(=O)OC[C@@H](COC(=O)CCCCCCCCC(C)C)OC(=O)CCCCCCCCCCC(C)C. The molecule has 0 radical (unpaired) electrons. The second kappa shape index (κ2) is 41.6. The highest BCUT2D eigenvalue weighted by Crippen LogP contribution is 2.17. The summed E-state index contributed by atoms with van der Waals surface area (Å²) in [6.07, 6.45) is 39.7. The van der Waals surface area contributed by atoms with Gasteiger partial charge in [-0.2, -0.15) is 0 Å². The zero-order chi connectivity index (χ0) is 41.3. The zero-order valence-electron chi connectivity index (χ0n) is 38.4. The van der Waals surface area contributed by atoms with Crippen LogP contribution in [0, 0.1) is 17.8 Å². The first-order valence-corrected chi connectivity index (χ1v) is 24.6. The smallest absolute Gasteiger partial charge is 0.306 e. The third kappa shape index (κ3) is 43.5. The summed E-state index contributed by atoms with van der Waals surface area (Å²) < 4.78 is 16.7. The van der Waals surface area contributed by atoms with Gasteiger partial charge < -0.3 is 14.2 Å². The number of unbranched alkanes of at least 4 members (excludes halogenated alkanes) is 26. The lowest BCUT2D eigenvalue weighted by atomic mass is 10.0. The summed E-state index contributed by atoms with van der Waals surface area (Å²) in [4.78, 5) is 37.8. The highest BCUT2D eigenvalue weighted by Gasteiger charge is 2.19. The molecule has 0 saturated heterocycles. The van der Waals surface area contributed by atoms with E-state index in [9.17, 15) is 14.4 Å². The molecule has 0 heterocycles. The van der Waals surface area contributed by atoms with Crippen LogP contribution in [-0.2, 0) is 28.6 Å². The summed E-state index contributed by atoms with van der Waals surface area (Å²) in [6.45, 7) is 13.6. The van der Waals surface area contributed by atoms with Crippen molar-refractivity contribution in [3.05, 3.63) is 0 Å². The molecule has 0 aromatic carbocycles. The van der Waals surface area contributed by atoms with Gasteiger partial charge >= 0.3 is 17.9 Å². The van der Waals surface area contributed by atoms with E-state index in [2.05, 4.69) is 41.5 Å². The lowest BCUT2D eigenvalue weighted by molar-refractivity contribution is -0.167. The van der Waals surface area contributed by atoms with Gasteiger partial charge in [0, 0.05) is 19.3 Å². The molecule has 0 amide bonds. The molecule has 0 bridgehead atoms. The molecule has 0 aromatic heterocycles. The van der Waals surface area contributed by atoms with E-state index in [-0.39, 0.29) is 31.1 Å². The van der Waals surface area contributed by atoms with Gasteiger partial charge in [0.05, 0.1) is 0 Å². The van der Waals surface area contributed by atoms with E-state index >= 15 is 0 Å². The van der Waals surface area contributed by atoms with Gasteiger partial charge in [-0.05, 0) is 37.0 Å². The lowest BCUT2D eigenvalue weighted by Crippen LogP contribution is -2.30. The Bertz CT molecular complexity index is 868. The van der Waals surface area contributed by atoms with E-state index < -0.39 is 6.10 Å². The number of esters is 3. The van der Waals surface area contributed by atoms with Crippen LogP contribution >= 0.6 is 0 Å². The quantitative estimate of drug-likeness (QED) is 0.0348. The molecule has 0 fully saturated rings. The third-order valence-electron chi connectivity index (χ3n) is 11.1. The summed E-state index contributed by atoms with van der Waals surface area (Å²) >= 11 is 0. The highest BCUT2D eigenvalue weighted by atomic mass is 16.6. The van der Waals surface area contributed by atoms with Crippen LogP contribution < -0.4 is 0 Å². The minimum Gasteiger partial charge on any atom is -0.462 e. The first-order valence-electron chi connectivity index (χ1n) is 24.6. The number of carbonyl (C=O) groups excluding carboxylic acids is 3. The summed E-state index contributed by atoms with van der Waals surface area (Å²) in [6, 6.07) is 0. The average Bonchev–Trinajstić information content (AvgIpc) is 3.15. The molecule has 0 spiro atoms. The van der Waals surface area contributed by atoms with Gasteiger partial charge in [0.2, 0.25) is 0 Å². The molecule has 6 heteroatoms. The standard InChI is InChI=1S/C50H96O6/c1-44(2)36-30-24-18-14-12-10-8-7-9-11-13-15-20-27-33-39-48(51)54-42-47(43-55-49(52)40-34-28-23-22-26-32-38-46(5)6)56-50(53)41-35-29-21-17-16-19-25-31-37-45(3)4/h44-47H,7-43H2,1-6H3/t47-/m0/s1. The van der Waals surface area contributed by atoms with Crippen molar-refractivity contribution < 1.29 is 28.6 Å². The maximum Gasteiger partial charge on any atom is 0.306 e. The highest BCUT2D eigenvalue weighted by molar-refractivity contribution is 5.71. The molecule has 332 valence electrons. The Labute approximate surface area is 348 Å². The normalized spacial score (nSPS) is 12.2. The predicted molar refractivity (Wildman–Crippen MR) is 238 cm³/mol. The van der Waals surface area contributed by atoms with Crippen molar-refractivity contribution >= 4 is 17.9 Å². The molecule has 0 N–H and O–H groups in total. The molecule has 0 rings (SSSR count). The van der Waals surface area contributed by atoms with Gasteiger partial charge in [-0.1, -0.05) is 228 Å². The molecule has 6 nitrogen and oxygen atoms in total. The maximum atomic E-state index is 12.7. The van der Waals surface area contributed by atoms with Crippen LogP contribution in [0.25, 0.3) is 0 Å². The number of ether oxygens (including phenoxy) is 3. The minimum atomic E-state index is -0.762. The Kier molecular flexibility index (Phi) is 40.4. The molecule has 0 aliphatic heterocycles. The number of hydrogen-bond acceptors (Lipinski definition) is 6. The summed E-state index contributed by atoms with van der Waals surface area (Å²) in [5, 5.41) is 0. The van der Waals surface area contributed by atoms with Gasteiger partial charge in [-0.15, -0.1) is 0 Å². The van der Waals surface area contributed by atoms with Crippen LogP contribution in [0.4, 0.5) is 0 Å². The van der Waals surface area contributed by atoms with Crippen LogP contribution in [0.15, 0.2) is 0 Å². The summed E-state index contributed by atoms with van der Waals surface area (Å²) in [7, 11) is 0. The summed E-state index contributed by atoms with van der Waals surface area (Å²) in [5.41, 5.74) is 0. The Morgan fingerprint density at radius 3 is 0.768 bits per heavy atom. The first kappa shape index (κ1) is 54.4. The average molecular weight is 793 g/mol. The maximum absolute atomic E-state index is 12.7. The predicted octanol–water partition coefficient (Wildman–Crippen LogP) is 15.6. The van der Waals surface area contributed by atoms with Crippen LogP contribution in [-0.4, -0.2) is 37.2 Å². The number of rotatable bonds is 43. The molecule has 0 aliphatic carbocycles. The fourth-order valence-corrected chi connectivity index (χ4v) is 7.41. The van der Waals surface area contributed by atoms with E-state index in [1.807, 2.05) is 0 Å². The number of carbonyl (C=O) groups is 3. The monoisotopic (exact) mass is 793 g/mol. The van der Waals surface area contributed by atoms with E-state index in [1.54, 1.807) is 0 Å². The molecular weight excluding hydrogens is 697 g/mol. The Hall–Kier alpha value is -1.59. The molecule has 1 atom stereocenters. The topological polar surface area (TPSA) is 78.9 Å². The van der Waals surface area contributed by atoms with Crippen molar-refractivity contribution in [2.45, 2.75) is 272 Å². The second-order valence-corrected chi connectivity index (χ2v) is 18.5. The summed E-state index contributed by atoms with van der Waals surface area (Å²) in [5.74, 6) is 1.54. The molecule has 0 aromatic rings. The van der Waals surface area contributed by atoms with Crippen LogP contribution in [0.3, 0.4) is 0 Å². The zero-order valence-corrected chi connectivity index (χ0v) is 38.4. The van der Waals surface area contributed by atoms with Gasteiger partial charge in [-0.25, -0.2) is 0 Å². The largest absolute Gasteiger partial charge is 0.462 e. The van der Waals surface area contributed by atoms with Gasteiger partial charge in [-0.3, -0.25) is 14.4 Å². The molecule has 56 heavy (non-hydrogen) atoms. The first-order chi connectivity index (χ1) is 27.1. The third-order valence-corrected chi connectivity index (χ3v) is 11.1. The lowest BCUT2D eigenvalue weighted by Gasteiger charge is -2.18. The Balaban J connectivity index is 4.24. The van der Waals surface area contributed by atoms with Crippen LogP contribution in [0.1, 0.15) is 266 Å². The molecular formula is C50H96O6. The fraction of sp³-hybridized carbons (Fsp3) is 0.940. The van der Waals surface area contributed by atoms with Crippen LogP contribution in [0.5, 0.6) is 0 Å². The van der Waals surface area contributed by atoms with Gasteiger partial charge in [0.15, 0.2) is 6.10 Å². The molecule has 0 unspecified atom stereocenters. The van der Waals surface area contributed by atoms with Gasteiger partial charge in [0.1, 0.15) is 13.2 Å². The minimum absolute atomic E-state index is 0.0661. The van der Waals surface area contributed by atoms with Crippen molar-refractivity contribution in [1.29, 1.82) is 0 Å². The van der Waals surface area contributed by atoms with Crippen LogP contribution in [0.2, 0.25) is 0 Å². The Morgan fingerprint density at radius 1 is 0.304 bits per heavy atom. The molecule has 0 aliphatic rings. The fourth-order valence-electron chi connectivity index (χ4n) is 7.41. The van der Waals surface area contributed by atoms with Crippen molar-refractivity contribution in [2.24, 2.45) is 17.8 Å². The van der Waals surface area contributed by atoms with E-state index in [1.165, 1.54) is 148 Å². The molecule has 0 saturated carbocycles. The second-order valence-electron chi connectivity index (χ2n) is 18.5. The van der Waals surface area contributed by atoms with E-state index in [4.69, 9.17) is 14.2 Å². The van der Waals surface area contributed by atoms with Crippen molar-refractivity contribution in [1.82, 2.24) is 0 Å². The van der Waals surface area contributed by atoms with Crippen molar-refractivity contribution in [2.75, 3.05) is 13.2 Å². The van der Waals surface area contributed by atoms with E-state index in [0.29, 0.717) is 19.3 Å². The van der Waals surface area contributed by atoms with Crippen molar-refractivity contribution in [3.63, 3.8) is 0 Å². The van der Waals surface area contributed by atoms with Gasteiger partial charge in [0.25, 0.3) is 0 Å².